The standard InChI is InChI=1S/C8H6ClFO3/c9-6-7(10)4(11)3-5-8(6)13-2-1-12-5/h3,11H,1-2H2. The molecule has 0 spiro atoms. The van der Waals surface area contributed by atoms with Crippen LogP contribution in [0.4, 0.5) is 4.39 Å². The van der Waals surface area contributed by atoms with E-state index in [2.05, 4.69) is 0 Å². The molecule has 1 aliphatic heterocycles. The summed E-state index contributed by atoms with van der Waals surface area (Å²) < 4.78 is 23.2. The van der Waals surface area contributed by atoms with Crippen LogP contribution >= 0.6 is 11.6 Å². The van der Waals surface area contributed by atoms with E-state index in [0.29, 0.717) is 13.2 Å². The highest BCUT2D eigenvalue weighted by Crippen LogP contribution is 2.42. The normalized spacial score (nSPS) is 14.3. The van der Waals surface area contributed by atoms with Gasteiger partial charge in [-0.1, -0.05) is 11.6 Å². The van der Waals surface area contributed by atoms with Gasteiger partial charge in [0.2, 0.25) is 0 Å². The van der Waals surface area contributed by atoms with Gasteiger partial charge in [-0.05, 0) is 0 Å². The molecule has 0 saturated carbocycles. The maximum Gasteiger partial charge on any atom is 0.187 e. The first-order chi connectivity index (χ1) is 6.20. The van der Waals surface area contributed by atoms with E-state index in [4.69, 9.17) is 26.2 Å². The van der Waals surface area contributed by atoms with Crippen molar-refractivity contribution in [2.45, 2.75) is 0 Å². The summed E-state index contributed by atoms with van der Waals surface area (Å²) in [4.78, 5) is 0. The molecule has 70 valence electrons. The van der Waals surface area contributed by atoms with Crippen molar-refractivity contribution in [1.82, 2.24) is 0 Å². The topological polar surface area (TPSA) is 38.7 Å². The fourth-order valence-corrected chi connectivity index (χ4v) is 1.35. The Hall–Kier alpha value is -1.16. The number of aromatic hydroxyl groups is 1. The summed E-state index contributed by atoms with van der Waals surface area (Å²) in [6.07, 6.45) is 0. The molecule has 2 rings (SSSR count). The Balaban J connectivity index is 2.60. The molecule has 0 bridgehead atoms. The first kappa shape index (κ1) is 8.44. The Morgan fingerprint density at radius 2 is 2.08 bits per heavy atom. The van der Waals surface area contributed by atoms with E-state index in [1.807, 2.05) is 0 Å². The summed E-state index contributed by atoms with van der Waals surface area (Å²) in [5.41, 5.74) is 0. The molecular formula is C8H6ClFO3. The monoisotopic (exact) mass is 204 g/mol. The molecule has 0 amide bonds. The molecule has 1 N–H and O–H groups in total. The van der Waals surface area contributed by atoms with Gasteiger partial charge in [0.15, 0.2) is 23.1 Å². The van der Waals surface area contributed by atoms with Crippen molar-refractivity contribution in [1.29, 1.82) is 0 Å². The molecule has 5 heteroatoms. The maximum absolute atomic E-state index is 13.0. The van der Waals surface area contributed by atoms with E-state index in [1.54, 1.807) is 0 Å². The number of benzene rings is 1. The van der Waals surface area contributed by atoms with Gasteiger partial charge in [0.05, 0.1) is 0 Å². The van der Waals surface area contributed by atoms with Crippen molar-refractivity contribution < 1.29 is 19.0 Å². The van der Waals surface area contributed by atoms with Crippen molar-refractivity contribution in [3.8, 4) is 17.2 Å². The second-order valence-corrected chi connectivity index (χ2v) is 2.93. The molecule has 0 radical (unpaired) electrons. The van der Waals surface area contributed by atoms with Crippen molar-refractivity contribution in [3.05, 3.63) is 16.9 Å². The second-order valence-electron chi connectivity index (χ2n) is 2.55. The van der Waals surface area contributed by atoms with E-state index in [0.717, 1.165) is 6.07 Å². The van der Waals surface area contributed by atoms with Crippen molar-refractivity contribution in [2.24, 2.45) is 0 Å². The Labute approximate surface area is 78.6 Å². The molecule has 3 nitrogen and oxygen atoms in total. The SMILES string of the molecule is Oc1cc2c(c(Cl)c1F)OCCO2. The highest BCUT2D eigenvalue weighted by Gasteiger charge is 2.21. The van der Waals surface area contributed by atoms with E-state index in [1.165, 1.54) is 0 Å². The third-order valence-electron chi connectivity index (χ3n) is 1.70. The average molecular weight is 205 g/mol. The number of phenols is 1. The number of rotatable bonds is 0. The predicted molar refractivity (Wildman–Crippen MR) is 44.1 cm³/mol. The largest absolute Gasteiger partial charge is 0.505 e. The molecule has 0 unspecified atom stereocenters. The maximum atomic E-state index is 13.0. The molecule has 1 aliphatic rings. The molecule has 0 saturated heterocycles. The minimum absolute atomic E-state index is 0.156. The lowest BCUT2D eigenvalue weighted by Gasteiger charge is -2.19. The van der Waals surface area contributed by atoms with Crippen LogP contribution < -0.4 is 9.47 Å². The molecule has 1 heterocycles. The van der Waals surface area contributed by atoms with E-state index in [-0.39, 0.29) is 16.5 Å². The number of phenolic OH excluding ortho intramolecular Hbond substituents is 1. The molecule has 1 aromatic rings. The van der Waals surface area contributed by atoms with Crippen LogP contribution in [0.15, 0.2) is 6.07 Å². The predicted octanol–water partition coefficient (Wildman–Crippen LogP) is 1.96. The number of halogens is 2. The first-order valence-electron chi connectivity index (χ1n) is 3.66. The van der Waals surface area contributed by atoms with Gasteiger partial charge < -0.3 is 14.6 Å². The van der Waals surface area contributed by atoms with Gasteiger partial charge in [0.25, 0.3) is 0 Å². The van der Waals surface area contributed by atoms with Crippen LogP contribution in [0.5, 0.6) is 17.2 Å². The zero-order valence-electron chi connectivity index (χ0n) is 6.51. The summed E-state index contributed by atoms with van der Waals surface area (Å²) in [5.74, 6) is -0.987. The van der Waals surface area contributed by atoms with Crippen LogP contribution in [0.3, 0.4) is 0 Å². The molecule has 0 aliphatic carbocycles. The fourth-order valence-electron chi connectivity index (χ4n) is 1.11. The van der Waals surface area contributed by atoms with Crippen LogP contribution in [-0.4, -0.2) is 18.3 Å². The summed E-state index contributed by atoms with van der Waals surface area (Å²) in [6, 6.07) is 1.15. The lowest BCUT2D eigenvalue weighted by Crippen LogP contribution is -2.15. The van der Waals surface area contributed by atoms with Gasteiger partial charge in [-0.2, -0.15) is 0 Å². The van der Waals surface area contributed by atoms with Crippen LogP contribution in [0.1, 0.15) is 0 Å². The summed E-state index contributed by atoms with van der Waals surface area (Å²) in [6.45, 7) is 0.700. The Bertz CT molecular complexity index is 354. The lowest BCUT2D eigenvalue weighted by atomic mass is 10.2. The van der Waals surface area contributed by atoms with Crippen molar-refractivity contribution in [2.75, 3.05) is 13.2 Å². The Morgan fingerprint density at radius 1 is 1.38 bits per heavy atom. The minimum Gasteiger partial charge on any atom is -0.505 e. The lowest BCUT2D eigenvalue weighted by molar-refractivity contribution is 0.170. The van der Waals surface area contributed by atoms with Crippen LogP contribution in [0.25, 0.3) is 0 Å². The number of fused-ring (bicyclic) bond motifs is 1. The summed E-state index contributed by atoms with van der Waals surface area (Å²) in [5, 5.41) is 8.82. The third-order valence-corrected chi connectivity index (χ3v) is 2.03. The van der Waals surface area contributed by atoms with Crippen LogP contribution in [-0.2, 0) is 0 Å². The number of ether oxygens (including phenoxy) is 2. The molecule has 13 heavy (non-hydrogen) atoms. The van der Waals surface area contributed by atoms with Crippen molar-refractivity contribution >= 4 is 11.6 Å². The van der Waals surface area contributed by atoms with E-state index in [9.17, 15) is 4.39 Å². The Morgan fingerprint density at radius 3 is 2.85 bits per heavy atom. The molecule has 0 aromatic heterocycles. The zero-order chi connectivity index (χ0) is 9.42. The summed E-state index contributed by atoms with van der Waals surface area (Å²) in [7, 11) is 0. The zero-order valence-corrected chi connectivity index (χ0v) is 7.27. The van der Waals surface area contributed by atoms with E-state index < -0.39 is 11.6 Å². The van der Waals surface area contributed by atoms with Gasteiger partial charge in [-0.3, -0.25) is 0 Å². The molecule has 0 fully saturated rings. The van der Waals surface area contributed by atoms with Gasteiger partial charge in [0, 0.05) is 6.07 Å². The molecule has 1 aromatic carbocycles. The van der Waals surface area contributed by atoms with Crippen LogP contribution in [0.2, 0.25) is 5.02 Å². The van der Waals surface area contributed by atoms with Gasteiger partial charge in [-0.25, -0.2) is 4.39 Å². The molecule has 0 atom stereocenters. The van der Waals surface area contributed by atoms with Gasteiger partial charge >= 0.3 is 0 Å². The van der Waals surface area contributed by atoms with Crippen LogP contribution in [0, 0.1) is 5.82 Å². The fraction of sp³-hybridized carbons (Fsp3) is 0.250. The number of hydrogen-bond acceptors (Lipinski definition) is 3. The molecular weight excluding hydrogens is 199 g/mol. The quantitative estimate of drug-likeness (QED) is 0.702. The summed E-state index contributed by atoms with van der Waals surface area (Å²) >= 11 is 5.58. The van der Waals surface area contributed by atoms with Gasteiger partial charge in [0.1, 0.15) is 18.2 Å². The first-order valence-corrected chi connectivity index (χ1v) is 4.04. The second kappa shape index (κ2) is 2.96. The average Bonchev–Trinajstić information content (AvgIpc) is 2.15. The Kier molecular flexibility index (Phi) is 1.92. The number of hydrogen-bond donors (Lipinski definition) is 1. The minimum atomic E-state index is -0.883. The highest BCUT2D eigenvalue weighted by atomic mass is 35.5. The third kappa shape index (κ3) is 1.27. The van der Waals surface area contributed by atoms with Gasteiger partial charge in [-0.15, -0.1) is 0 Å². The van der Waals surface area contributed by atoms with Crippen molar-refractivity contribution in [3.63, 3.8) is 0 Å². The van der Waals surface area contributed by atoms with E-state index >= 15 is 0 Å². The smallest absolute Gasteiger partial charge is 0.187 e. The highest BCUT2D eigenvalue weighted by molar-refractivity contribution is 6.32.